The van der Waals surface area contributed by atoms with Crippen LogP contribution in [0.2, 0.25) is 0 Å². The second kappa shape index (κ2) is 6.96. The minimum Gasteiger partial charge on any atom is -0.440 e. The molecule has 1 aromatic carbocycles. The van der Waals surface area contributed by atoms with Crippen molar-refractivity contribution in [1.29, 1.82) is 0 Å². The van der Waals surface area contributed by atoms with Gasteiger partial charge in [-0.05, 0) is 30.5 Å². The number of aromatic nitrogens is 1. The molecule has 2 atom stereocenters. The maximum absolute atomic E-state index is 13.4. The average molecular weight is 356 g/mol. The van der Waals surface area contributed by atoms with Gasteiger partial charge in [-0.2, -0.15) is 13.2 Å². The number of nitrogens with zero attached hydrogens (tertiary/aromatic N) is 1. The molecule has 0 aliphatic heterocycles. The molecule has 1 aliphatic rings. The Hall–Kier alpha value is -1.60. The van der Waals surface area contributed by atoms with E-state index in [1.807, 2.05) is 13.8 Å². The van der Waals surface area contributed by atoms with Gasteiger partial charge in [0.25, 0.3) is 0 Å². The Morgan fingerprint density at radius 2 is 2.00 bits per heavy atom. The Kier molecular flexibility index (Phi) is 5.06. The van der Waals surface area contributed by atoms with Crippen molar-refractivity contribution in [3.05, 3.63) is 29.2 Å². The van der Waals surface area contributed by atoms with Crippen molar-refractivity contribution in [2.24, 2.45) is 0 Å². The van der Waals surface area contributed by atoms with Crippen LogP contribution in [0.3, 0.4) is 0 Å². The predicted octanol–water partition coefficient (Wildman–Crippen LogP) is 4.36. The molecule has 0 amide bonds. The maximum Gasteiger partial charge on any atom is 0.420 e. The molecule has 2 aromatic rings. The molecule has 7 heteroatoms. The van der Waals surface area contributed by atoms with Crippen LogP contribution in [0.15, 0.2) is 16.5 Å². The van der Waals surface area contributed by atoms with Crippen molar-refractivity contribution >= 4 is 11.1 Å². The van der Waals surface area contributed by atoms with Crippen molar-refractivity contribution < 1.29 is 22.7 Å². The summed E-state index contributed by atoms with van der Waals surface area (Å²) in [5.74, 6) is 0.209. The van der Waals surface area contributed by atoms with Crippen molar-refractivity contribution in [1.82, 2.24) is 10.3 Å². The fourth-order valence-corrected chi connectivity index (χ4v) is 3.27. The van der Waals surface area contributed by atoms with Crippen LogP contribution in [-0.4, -0.2) is 22.2 Å². The van der Waals surface area contributed by atoms with Crippen LogP contribution in [0.4, 0.5) is 13.2 Å². The zero-order valence-electron chi connectivity index (χ0n) is 14.4. The molecule has 1 aromatic heterocycles. The van der Waals surface area contributed by atoms with Crippen LogP contribution in [0, 0.1) is 0 Å². The number of hydrogen-bond acceptors (Lipinski definition) is 4. The third kappa shape index (κ3) is 3.98. The molecule has 138 valence electrons. The number of rotatable bonds is 4. The zero-order chi connectivity index (χ0) is 18.2. The Morgan fingerprint density at radius 1 is 1.28 bits per heavy atom. The summed E-state index contributed by atoms with van der Waals surface area (Å²) in [6.07, 6.45) is -1.39. The lowest BCUT2D eigenvalue weighted by molar-refractivity contribution is -0.136. The summed E-state index contributed by atoms with van der Waals surface area (Å²) in [7, 11) is 0. The van der Waals surface area contributed by atoms with Gasteiger partial charge in [-0.25, -0.2) is 4.98 Å². The van der Waals surface area contributed by atoms with E-state index in [1.165, 1.54) is 0 Å². The molecule has 0 bridgehead atoms. The van der Waals surface area contributed by atoms with Crippen molar-refractivity contribution in [2.75, 3.05) is 0 Å². The number of nitrogens with one attached hydrogen (secondary N) is 1. The van der Waals surface area contributed by atoms with Gasteiger partial charge in [0.15, 0.2) is 11.5 Å². The van der Waals surface area contributed by atoms with Gasteiger partial charge < -0.3 is 14.8 Å². The first-order chi connectivity index (χ1) is 11.8. The molecule has 3 rings (SSSR count). The van der Waals surface area contributed by atoms with Gasteiger partial charge >= 0.3 is 6.18 Å². The number of hydrogen-bond donors (Lipinski definition) is 2. The number of benzene rings is 1. The molecule has 2 N–H and O–H groups in total. The Morgan fingerprint density at radius 3 is 2.64 bits per heavy atom. The molecular weight excluding hydrogens is 333 g/mol. The lowest BCUT2D eigenvalue weighted by atomic mass is 9.92. The molecule has 1 aliphatic carbocycles. The molecule has 0 saturated heterocycles. The first-order valence-electron chi connectivity index (χ1n) is 8.67. The van der Waals surface area contributed by atoms with E-state index < -0.39 is 17.8 Å². The first kappa shape index (κ1) is 18.2. The first-order valence-corrected chi connectivity index (χ1v) is 8.67. The van der Waals surface area contributed by atoms with Gasteiger partial charge in [0, 0.05) is 18.5 Å². The fraction of sp³-hybridized carbons (Fsp3) is 0.611. The maximum atomic E-state index is 13.4. The molecule has 2 unspecified atom stereocenters. The second-order valence-electron chi connectivity index (χ2n) is 7.04. The van der Waals surface area contributed by atoms with Crippen molar-refractivity contribution in [2.45, 2.75) is 70.3 Å². The number of fused-ring (bicyclic) bond motifs is 1. The fourth-order valence-electron chi connectivity index (χ4n) is 3.27. The van der Waals surface area contributed by atoms with Crippen LogP contribution >= 0.6 is 0 Å². The predicted molar refractivity (Wildman–Crippen MR) is 88.2 cm³/mol. The largest absolute Gasteiger partial charge is 0.440 e. The lowest BCUT2D eigenvalue weighted by Crippen LogP contribution is -2.41. The number of oxazole rings is 1. The summed E-state index contributed by atoms with van der Waals surface area (Å²) < 4.78 is 45.6. The van der Waals surface area contributed by atoms with Crippen LogP contribution < -0.4 is 5.32 Å². The summed E-state index contributed by atoms with van der Waals surface area (Å²) in [4.78, 5) is 4.21. The smallest absolute Gasteiger partial charge is 0.420 e. The Labute approximate surface area is 144 Å². The lowest BCUT2D eigenvalue weighted by Gasteiger charge is -2.28. The minimum atomic E-state index is -4.51. The quantitative estimate of drug-likeness (QED) is 0.854. The molecule has 4 nitrogen and oxygen atoms in total. The normalized spacial score (nSPS) is 22.0. The SMILES string of the molecule is CC(C)c1nc2cc(CNC3CCCCC3O)cc(C(F)(F)F)c2o1. The van der Waals surface area contributed by atoms with E-state index in [9.17, 15) is 18.3 Å². The number of halogens is 3. The summed E-state index contributed by atoms with van der Waals surface area (Å²) in [6.45, 7) is 3.90. The molecule has 0 spiro atoms. The monoisotopic (exact) mass is 356 g/mol. The highest BCUT2D eigenvalue weighted by molar-refractivity contribution is 5.78. The summed E-state index contributed by atoms with van der Waals surface area (Å²) in [6, 6.07) is 2.66. The summed E-state index contributed by atoms with van der Waals surface area (Å²) in [5.41, 5.74) is -0.302. The Bertz CT molecular complexity index is 740. The molecule has 0 radical (unpaired) electrons. The third-order valence-corrected chi connectivity index (χ3v) is 4.66. The van der Waals surface area contributed by atoms with E-state index >= 15 is 0 Å². The summed E-state index contributed by atoms with van der Waals surface area (Å²) >= 11 is 0. The molecule has 1 heterocycles. The molecule has 1 fully saturated rings. The van der Waals surface area contributed by atoms with Crippen molar-refractivity contribution in [3.8, 4) is 0 Å². The molecular formula is C18H23F3N2O2. The van der Waals surface area contributed by atoms with E-state index in [2.05, 4.69) is 10.3 Å². The van der Waals surface area contributed by atoms with E-state index in [-0.39, 0.29) is 29.6 Å². The number of alkyl halides is 3. The van der Waals surface area contributed by atoms with E-state index in [0.717, 1.165) is 31.7 Å². The van der Waals surface area contributed by atoms with Gasteiger partial charge in [-0.15, -0.1) is 0 Å². The third-order valence-electron chi connectivity index (χ3n) is 4.66. The van der Waals surface area contributed by atoms with Gasteiger partial charge in [-0.1, -0.05) is 26.7 Å². The number of aliphatic hydroxyl groups excluding tert-OH is 1. The van der Waals surface area contributed by atoms with Crippen LogP contribution in [-0.2, 0) is 12.7 Å². The minimum absolute atomic E-state index is 0.0812. The van der Waals surface area contributed by atoms with E-state index in [4.69, 9.17) is 4.42 Å². The van der Waals surface area contributed by atoms with Crippen LogP contribution in [0.25, 0.3) is 11.1 Å². The highest BCUT2D eigenvalue weighted by atomic mass is 19.4. The summed E-state index contributed by atoms with van der Waals surface area (Å²) in [5, 5.41) is 13.2. The molecule has 1 saturated carbocycles. The highest BCUT2D eigenvalue weighted by Gasteiger charge is 2.35. The zero-order valence-corrected chi connectivity index (χ0v) is 14.4. The van der Waals surface area contributed by atoms with Gasteiger partial charge in [0.1, 0.15) is 11.1 Å². The highest BCUT2D eigenvalue weighted by Crippen LogP contribution is 2.37. The van der Waals surface area contributed by atoms with Gasteiger partial charge in [0.2, 0.25) is 0 Å². The van der Waals surface area contributed by atoms with E-state index in [1.54, 1.807) is 6.07 Å². The van der Waals surface area contributed by atoms with Crippen molar-refractivity contribution in [3.63, 3.8) is 0 Å². The average Bonchev–Trinajstić information content (AvgIpc) is 2.96. The Balaban J connectivity index is 1.90. The van der Waals surface area contributed by atoms with Gasteiger partial charge in [0.05, 0.1) is 6.10 Å². The van der Waals surface area contributed by atoms with Crippen LogP contribution in [0.5, 0.6) is 0 Å². The molecule has 25 heavy (non-hydrogen) atoms. The van der Waals surface area contributed by atoms with E-state index in [0.29, 0.717) is 11.5 Å². The topological polar surface area (TPSA) is 58.3 Å². The van der Waals surface area contributed by atoms with Gasteiger partial charge in [-0.3, -0.25) is 0 Å². The standard InChI is InChI=1S/C18H23F3N2O2/c1-10(2)17-23-14-8-11(7-12(16(14)25-17)18(19,20)21)9-22-13-5-3-4-6-15(13)24/h7-8,10,13,15,22,24H,3-6,9H2,1-2H3. The second-order valence-corrected chi connectivity index (χ2v) is 7.04. The number of aliphatic hydroxyl groups is 1. The van der Waals surface area contributed by atoms with Crippen LogP contribution in [0.1, 0.15) is 62.5 Å².